The summed E-state index contributed by atoms with van der Waals surface area (Å²) in [6, 6.07) is 8.43. The molecule has 0 N–H and O–H groups in total. The van der Waals surface area contributed by atoms with E-state index >= 15 is 0 Å². The Bertz CT molecular complexity index is 762. The van der Waals surface area contributed by atoms with Gasteiger partial charge < -0.3 is 14.5 Å². The van der Waals surface area contributed by atoms with Gasteiger partial charge in [-0.2, -0.15) is 4.98 Å². The van der Waals surface area contributed by atoms with Gasteiger partial charge in [0.25, 0.3) is 0 Å². The first-order valence-electron chi connectivity index (χ1n) is 9.26. The summed E-state index contributed by atoms with van der Waals surface area (Å²) in [6.45, 7) is 2.92. The minimum absolute atomic E-state index is 0.479. The third-order valence-corrected chi connectivity index (χ3v) is 5.58. The van der Waals surface area contributed by atoms with Gasteiger partial charge in [0.1, 0.15) is 11.6 Å². The number of methoxy groups -OCH3 is 1. The lowest BCUT2D eigenvalue weighted by Crippen LogP contribution is -2.43. The SMILES string of the molecule is COc1cccc(CN2CCC(N(C)c3ccnc(N(C)C)n3)CC2)c1Cl. The number of aromatic nitrogens is 2. The van der Waals surface area contributed by atoms with Crippen LogP contribution < -0.4 is 14.5 Å². The number of piperidine rings is 1. The zero-order chi connectivity index (χ0) is 19.4. The van der Waals surface area contributed by atoms with Crippen molar-refractivity contribution in [3.05, 3.63) is 41.0 Å². The van der Waals surface area contributed by atoms with E-state index in [1.54, 1.807) is 7.11 Å². The maximum absolute atomic E-state index is 6.45. The molecule has 0 saturated carbocycles. The van der Waals surface area contributed by atoms with Crippen LogP contribution >= 0.6 is 11.6 Å². The molecule has 0 amide bonds. The molecule has 0 bridgehead atoms. The summed E-state index contributed by atoms with van der Waals surface area (Å²) in [5, 5.41) is 0.719. The molecule has 27 heavy (non-hydrogen) atoms. The monoisotopic (exact) mass is 389 g/mol. The van der Waals surface area contributed by atoms with E-state index in [0.717, 1.165) is 60.6 Å². The molecule has 1 aromatic heterocycles. The van der Waals surface area contributed by atoms with E-state index in [0.29, 0.717) is 6.04 Å². The topological polar surface area (TPSA) is 44.7 Å². The van der Waals surface area contributed by atoms with Gasteiger partial charge in [0.05, 0.1) is 12.1 Å². The summed E-state index contributed by atoms with van der Waals surface area (Å²) < 4.78 is 5.33. The van der Waals surface area contributed by atoms with Crippen molar-refractivity contribution < 1.29 is 4.74 Å². The molecule has 2 heterocycles. The first-order valence-corrected chi connectivity index (χ1v) is 9.64. The van der Waals surface area contributed by atoms with E-state index in [2.05, 4.69) is 32.9 Å². The Labute approximate surface area is 166 Å². The lowest BCUT2D eigenvalue weighted by molar-refractivity contribution is 0.203. The van der Waals surface area contributed by atoms with Gasteiger partial charge in [0.15, 0.2) is 0 Å². The Hall–Kier alpha value is -2.05. The summed E-state index contributed by atoms with van der Waals surface area (Å²) in [7, 11) is 7.70. The molecular formula is C20H28ClN5O. The molecular weight excluding hydrogens is 362 g/mol. The van der Waals surface area contributed by atoms with Crippen molar-refractivity contribution in [2.75, 3.05) is 51.1 Å². The molecule has 1 aliphatic rings. The van der Waals surface area contributed by atoms with E-state index in [1.165, 1.54) is 0 Å². The second-order valence-electron chi connectivity index (χ2n) is 7.16. The van der Waals surface area contributed by atoms with Gasteiger partial charge in [-0.25, -0.2) is 4.98 Å². The lowest BCUT2D eigenvalue weighted by Gasteiger charge is -2.37. The summed E-state index contributed by atoms with van der Waals surface area (Å²) in [5.41, 5.74) is 1.12. The van der Waals surface area contributed by atoms with Crippen LogP contribution in [0.15, 0.2) is 30.5 Å². The van der Waals surface area contributed by atoms with Crippen molar-refractivity contribution >= 4 is 23.4 Å². The maximum Gasteiger partial charge on any atom is 0.226 e. The number of likely N-dealkylation sites (tertiary alicyclic amines) is 1. The number of rotatable bonds is 6. The standard InChI is InChI=1S/C20H28ClN5O/c1-24(2)20-22-11-8-18(23-20)25(3)16-9-12-26(13-10-16)14-15-6-5-7-17(27-4)19(15)21/h5-8,11,16H,9-10,12-14H2,1-4H3. The maximum atomic E-state index is 6.45. The predicted octanol–water partition coefficient (Wildman–Crippen LogP) is 3.31. The van der Waals surface area contributed by atoms with Crippen LogP contribution in [0.1, 0.15) is 18.4 Å². The van der Waals surface area contributed by atoms with Gasteiger partial charge >= 0.3 is 0 Å². The smallest absolute Gasteiger partial charge is 0.226 e. The number of ether oxygens (including phenoxy) is 1. The highest BCUT2D eigenvalue weighted by atomic mass is 35.5. The van der Waals surface area contributed by atoms with Crippen LogP contribution in [-0.2, 0) is 6.54 Å². The second-order valence-corrected chi connectivity index (χ2v) is 7.54. The predicted molar refractivity (Wildman–Crippen MR) is 111 cm³/mol. The molecule has 1 fully saturated rings. The molecule has 1 saturated heterocycles. The number of halogens is 1. The molecule has 2 aromatic rings. The van der Waals surface area contributed by atoms with Crippen molar-refractivity contribution in [1.29, 1.82) is 0 Å². The summed E-state index contributed by atoms with van der Waals surface area (Å²) in [5.74, 6) is 2.46. The fourth-order valence-electron chi connectivity index (χ4n) is 3.48. The Morgan fingerprint density at radius 3 is 2.59 bits per heavy atom. The molecule has 1 aromatic carbocycles. The largest absolute Gasteiger partial charge is 0.495 e. The van der Waals surface area contributed by atoms with Gasteiger partial charge in [0.2, 0.25) is 5.95 Å². The molecule has 146 valence electrons. The number of hydrogen-bond acceptors (Lipinski definition) is 6. The van der Waals surface area contributed by atoms with Crippen LogP contribution in [0.2, 0.25) is 5.02 Å². The van der Waals surface area contributed by atoms with E-state index in [9.17, 15) is 0 Å². The average Bonchev–Trinajstić information content (AvgIpc) is 2.69. The van der Waals surface area contributed by atoms with Gasteiger partial charge in [-0.15, -0.1) is 0 Å². The van der Waals surface area contributed by atoms with Crippen LogP contribution in [-0.4, -0.2) is 62.3 Å². The first-order chi connectivity index (χ1) is 13.0. The van der Waals surface area contributed by atoms with Crippen molar-refractivity contribution in [2.24, 2.45) is 0 Å². The molecule has 0 spiro atoms. The molecule has 0 radical (unpaired) electrons. The van der Waals surface area contributed by atoms with E-state index in [4.69, 9.17) is 16.3 Å². The van der Waals surface area contributed by atoms with Crippen molar-refractivity contribution in [3.63, 3.8) is 0 Å². The van der Waals surface area contributed by atoms with Crippen LogP contribution in [0.3, 0.4) is 0 Å². The van der Waals surface area contributed by atoms with Crippen LogP contribution in [0.25, 0.3) is 0 Å². The molecule has 0 aliphatic carbocycles. The highest BCUT2D eigenvalue weighted by Crippen LogP contribution is 2.30. The second kappa shape index (κ2) is 8.76. The fourth-order valence-corrected chi connectivity index (χ4v) is 3.74. The average molecular weight is 390 g/mol. The summed E-state index contributed by atoms with van der Waals surface area (Å²) in [6.07, 6.45) is 4.02. The third-order valence-electron chi connectivity index (χ3n) is 5.15. The zero-order valence-electron chi connectivity index (χ0n) is 16.5. The van der Waals surface area contributed by atoms with Gasteiger partial charge in [-0.05, 0) is 30.5 Å². The normalized spacial score (nSPS) is 15.6. The number of anilines is 2. The Balaban J connectivity index is 1.59. The lowest BCUT2D eigenvalue weighted by atomic mass is 10.0. The Kier molecular flexibility index (Phi) is 6.39. The number of hydrogen-bond donors (Lipinski definition) is 0. The van der Waals surface area contributed by atoms with Gasteiger partial charge in [0, 0.05) is 53.0 Å². The van der Waals surface area contributed by atoms with Crippen LogP contribution in [0, 0.1) is 0 Å². The van der Waals surface area contributed by atoms with E-state index in [1.807, 2.05) is 43.4 Å². The van der Waals surface area contributed by atoms with Crippen LogP contribution in [0.4, 0.5) is 11.8 Å². The van der Waals surface area contributed by atoms with Crippen molar-refractivity contribution in [2.45, 2.75) is 25.4 Å². The molecule has 0 unspecified atom stereocenters. The number of benzene rings is 1. The van der Waals surface area contributed by atoms with Crippen molar-refractivity contribution in [1.82, 2.24) is 14.9 Å². The zero-order valence-corrected chi connectivity index (χ0v) is 17.3. The summed E-state index contributed by atoms with van der Waals surface area (Å²) >= 11 is 6.45. The fraction of sp³-hybridized carbons (Fsp3) is 0.500. The third kappa shape index (κ3) is 4.62. The summed E-state index contributed by atoms with van der Waals surface area (Å²) in [4.78, 5) is 15.6. The Morgan fingerprint density at radius 2 is 1.93 bits per heavy atom. The van der Waals surface area contributed by atoms with E-state index < -0.39 is 0 Å². The quantitative estimate of drug-likeness (QED) is 0.755. The minimum Gasteiger partial charge on any atom is -0.495 e. The first kappa shape index (κ1) is 19.7. The highest BCUT2D eigenvalue weighted by molar-refractivity contribution is 6.32. The molecule has 1 aliphatic heterocycles. The molecule has 0 atom stereocenters. The Morgan fingerprint density at radius 1 is 1.19 bits per heavy atom. The van der Waals surface area contributed by atoms with Crippen LogP contribution in [0.5, 0.6) is 5.75 Å². The number of nitrogens with zero attached hydrogens (tertiary/aromatic N) is 5. The van der Waals surface area contributed by atoms with Gasteiger partial charge in [-0.3, -0.25) is 4.90 Å². The van der Waals surface area contributed by atoms with E-state index in [-0.39, 0.29) is 0 Å². The van der Waals surface area contributed by atoms with Crippen molar-refractivity contribution in [3.8, 4) is 5.75 Å². The minimum atomic E-state index is 0.479. The molecule has 6 nitrogen and oxygen atoms in total. The molecule has 7 heteroatoms. The van der Waals surface area contributed by atoms with Gasteiger partial charge in [-0.1, -0.05) is 23.7 Å². The molecule has 3 rings (SSSR count). The highest BCUT2D eigenvalue weighted by Gasteiger charge is 2.24.